The van der Waals surface area contributed by atoms with E-state index in [0.29, 0.717) is 30.1 Å². The van der Waals surface area contributed by atoms with Crippen LogP contribution in [0.25, 0.3) is 0 Å². The topological polar surface area (TPSA) is 87.7 Å². The lowest BCUT2D eigenvalue weighted by Gasteiger charge is -2.35. The second kappa shape index (κ2) is 9.98. The van der Waals surface area contributed by atoms with Crippen LogP contribution >= 0.6 is 0 Å². The smallest absolute Gasteiger partial charge is 0.338 e. The van der Waals surface area contributed by atoms with Crippen LogP contribution in [0.1, 0.15) is 66.5 Å². The second-order valence-corrected chi connectivity index (χ2v) is 9.35. The Bertz CT molecular complexity index is 851. The zero-order chi connectivity index (χ0) is 23.3. The van der Waals surface area contributed by atoms with E-state index in [4.69, 9.17) is 4.74 Å². The molecule has 1 aromatic carbocycles. The quantitative estimate of drug-likeness (QED) is 0.619. The summed E-state index contributed by atoms with van der Waals surface area (Å²) in [5.74, 6) is -0.309. The number of nitrogens with zero attached hydrogens (tertiary/aromatic N) is 1. The molecule has 0 spiro atoms. The third-order valence-corrected chi connectivity index (χ3v) is 4.99. The first-order chi connectivity index (χ1) is 14.5. The van der Waals surface area contributed by atoms with Crippen molar-refractivity contribution >= 4 is 23.6 Å². The highest BCUT2D eigenvalue weighted by Gasteiger charge is 2.36. The molecule has 1 heterocycles. The largest absolute Gasteiger partial charge is 0.462 e. The lowest BCUT2D eigenvalue weighted by Crippen LogP contribution is -2.48. The van der Waals surface area contributed by atoms with E-state index in [-0.39, 0.29) is 17.9 Å². The molecule has 0 aliphatic carbocycles. The Balaban J connectivity index is 2.36. The molecule has 1 aromatic rings. The van der Waals surface area contributed by atoms with Crippen LogP contribution in [0.2, 0.25) is 0 Å². The summed E-state index contributed by atoms with van der Waals surface area (Å²) in [6.45, 7) is 14.1. The van der Waals surface area contributed by atoms with Crippen LogP contribution in [-0.2, 0) is 14.3 Å². The van der Waals surface area contributed by atoms with Crippen molar-refractivity contribution < 1.29 is 19.1 Å². The highest BCUT2D eigenvalue weighted by atomic mass is 16.5. The molecule has 2 rings (SSSR count). The lowest BCUT2D eigenvalue weighted by molar-refractivity contribution is -0.140. The summed E-state index contributed by atoms with van der Waals surface area (Å²) in [6, 6.07) is 6.30. The summed E-state index contributed by atoms with van der Waals surface area (Å²) >= 11 is 0. The maximum absolute atomic E-state index is 13.0. The van der Waals surface area contributed by atoms with Gasteiger partial charge in [0.2, 0.25) is 5.91 Å². The van der Waals surface area contributed by atoms with E-state index >= 15 is 0 Å². The number of nitrogens with one attached hydrogen (secondary N) is 2. The summed E-state index contributed by atoms with van der Waals surface area (Å²) in [5.41, 5.74) is 1.93. The minimum atomic E-state index is -0.618. The van der Waals surface area contributed by atoms with Gasteiger partial charge in [-0.05, 0) is 37.0 Å². The fourth-order valence-corrected chi connectivity index (χ4v) is 3.19. The summed E-state index contributed by atoms with van der Waals surface area (Å²) < 4.78 is 5.51. The zero-order valence-electron chi connectivity index (χ0n) is 19.7. The third-order valence-electron chi connectivity index (χ3n) is 4.99. The van der Waals surface area contributed by atoms with Crippen LogP contribution in [0.15, 0.2) is 35.5 Å². The van der Waals surface area contributed by atoms with E-state index in [0.717, 1.165) is 12.0 Å². The zero-order valence-corrected chi connectivity index (χ0v) is 19.7. The van der Waals surface area contributed by atoms with Gasteiger partial charge in [0, 0.05) is 23.3 Å². The standard InChI is InChI=1S/C24H35N3O4/c1-8-13-27-16(4)19(21(28)31-14-15(2)3)20(26-23(27)30)17-9-11-18(12-10-17)25-22(29)24(5,6)7/h9-12,15,20H,8,13-14H2,1-7H3,(H,25,29)(H,26,30). The van der Waals surface area contributed by atoms with E-state index in [9.17, 15) is 14.4 Å². The molecule has 1 unspecified atom stereocenters. The molecule has 1 aliphatic rings. The Labute approximate surface area is 185 Å². The summed E-state index contributed by atoms with van der Waals surface area (Å²) in [6.07, 6.45) is 0.770. The Morgan fingerprint density at radius 1 is 1.19 bits per heavy atom. The molecule has 7 nitrogen and oxygen atoms in total. The Morgan fingerprint density at radius 3 is 2.32 bits per heavy atom. The predicted octanol–water partition coefficient (Wildman–Crippen LogP) is 4.62. The maximum atomic E-state index is 13.0. The molecular weight excluding hydrogens is 394 g/mol. The predicted molar refractivity (Wildman–Crippen MR) is 121 cm³/mol. The molecule has 0 bridgehead atoms. The Hall–Kier alpha value is -2.83. The minimum Gasteiger partial charge on any atom is -0.462 e. The number of carbonyl (C=O) groups excluding carboxylic acids is 3. The van der Waals surface area contributed by atoms with Crippen LogP contribution in [-0.4, -0.2) is 36.0 Å². The number of esters is 1. The highest BCUT2D eigenvalue weighted by molar-refractivity contribution is 5.96. The van der Waals surface area contributed by atoms with Gasteiger partial charge in [-0.2, -0.15) is 0 Å². The normalized spacial score (nSPS) is 17.0. The van der Waals surface area contributed by atoms with Crippen molar-refractivity contribution in [2.45, 2.75) is 60.9 Å². The van der Waals surface area contributed by atoms with Gasteiger partial charge in [-0.15, -0.1) is 0 Å². The van der Waals surface area contributed by atoms with Crippen molar-refractivity contribution in [3.8, 4) is 0 Å². The maximum Gasteiger partial charge on any atom is 0.338 e. The SMILES string of the molecule is CCCN1C(=O)NC(c2ccc(NC(=O)C(C)(C)C)cc2)C(C(=O)OCC(C)C)=C1C. The van der Waals surface area contributed by atoms with Crippen LogP contribution in [0.5, 0.6) is 0 Å². The first-order valence-electron chi connectivity index (χ1n) is 10.8. The average Bonchev–Trinajstić information content (AvgIpc) is 2.68. The number of rotatable bonds is 7. The molecule has 170 valence electrons. The third kappa shape index (κ3) is 6.09. The van der Waals surface area contributed by atoms with Gasteiger partial charge in [0.15, 0.2) is 0 Å². The molecule has 2 N–H and O–H groups in total. The molecule has 0 saturated heterocycles. The number of benzene rings is 1. The number of urea groups is 1. The molecule has 3 amide bonds. The van der Waals surface area contributed by atoms with Crippen LogP contribution in [0.4, 0.5) is 10.5 Å². The Morgan fingerprint density at radius 2 is 1.81 bits per heavy atom. The number of hydrogen-bond donors (Lipinski definition) is 2. The van der Waals surface area contributed by atoms with Gasteiger partial charge < -0.3 is 15.4 Å². The van der Waals surface area contributed by atoms with Crippen LogP contribution in [0, 0.1) is 11.3 Å². The molecule has 0 fully saturated rings. The minimum absolute atomic E-state index is 0.0879. The summed E-state index contributed by atoms with van der Waals surface area (Å²) in [5, 5.41) is 5.82. The van der Waals surface area contributed by atoms with Gasteiger partial charge in [0.05, 0.1) is 18.2 Å². The number of allylic oxidation sites excluding steroid dienone is 1. The fraction of sp³-hybridized carbons (Fsp3) is 0.542. The molecule has 0 aromatic heterocycles. The van der Waals surface area contributed by atoms with Crippen molar-refractivity contribution in [1.29, 1.82) is 0 Å². The summed E-state index contributed by atoms with van der Waals surface area (Å²) in [4.78, 5) is 39.5. The van der Waals surface area contributed by atoms with Crippen molar-refractivity contribution in [3.63, 3.8) is 0 Å². The van der Waals surface area contributed by atoms with Crippen molar-refractivity contribution in [3.05, 3.63) is 41.1 Å². The number of ether oxygens (including phenoxy) is 1. The first kappa shape index (κ1) is 24.4. The van der Waals surface area contributed by atoms with Crippen molar-refractivity contribution in [1.82, 2.24) is 10.2 Å². The molecule has 0 saturated carbocycles. The van der Waals surface area contributed by atoms with E-state index in [2.05, 4.69) is 10.6 Å². The number of anilines is 1. The van der Waals surface area contributed by atoms with Gasteiger partial charge in [0.25, 0.3) is 0 Å². The van der Waals surface area contributed by atoms with E-state index in [1.165, 1.54) is 0 Å². The number of hydrogen-bond acceptors (Lipinski definition) is 4. The lowest BCUT2D eigenvalue weighted by atomic mass is 9.94. The molecule has 7 heteroatoms. The van der Waals surface area contributed by atoms with Gasteiger partial charge in [0.1, 0.15) is 0 Å². The molecule has 1 aliphatic heterocycles. The monoisotopic (exact) mass is 429 g/mol. The van der Waals surface area contributed by atoms with E-state index in [1.54, 1.807) is 24.0 Å². The van der Waals surface area contributed by atoms with Gasteiger partial charge in [-0.25, -0.2) is 9.59 Å². The fourth-order valence-electron chi connectivity index (χ4n) is 3.19. The molecule has 0 radical (unpaired) electrons. The van der Waals surface area contributed by atoms with Crippen molar-refractivity contribution in [2.75, 3.05) is 18.5 Å². The molecular formula is C24H35N3O4. The van der Waals surface area contributed by atoms with Gasteiger partial charge >= 0.3 is 12.0 Å². The average molecular weight is 430 g/mol. The van der Waals surface area contributed by atoms with Crippen LogP contribution < -0.4 is 10.6 Å². The Kier molecular flexibility index (Phi) is 7.87. The first-order valence-corrected chi connectivity index (χ1v) is 10.8. The number of carbonyl (C=O) groups is 3. The summed E-state index contributed by atoms with van der Waals surface area (Å²) in [7, 11) is 0. The van der Waals surface area contributed by atoms with E-state index in [1.807, 2.05) is 53.7 Å². The number of amides is 3. The second-order valence-electron chi connectivity index (χ2n) is 9.35. The van der Waals surface area contributed by atoms with Crippen LogP contribution in [0.3, 0.4) is 0 Å². The van der Waals surface area contributed by atoms with Gasteiger partial charge in [-0.1, -0.05) is 53.7 Å². The van der Waals surface area contributed by atoms with Gasteiger partial charge in [-0.3, -0.25) is 9.69 Å². The molecule has 31 heavy (non-hydrogen) atoms. The highest BCUT2D eigenvalue weighted by Crippen LogP contribution is 2.32. The molecule has 1 atom stereocenters. The van der Waals surface area contributed by atoms with Crippen molar-refractivity contribution in [2.24, 2.45) is 11.3 Å². The van der Waals surface area contributed by atoms with E-state index < -0.39 is 17.4 Å².